The van der Waals surface area contributed by atoms with Crippen LogP contribution in [0.25, 0.3) is 0 Å². The third kappa shape index (κ3) is 4.26. The molecule has 2 N–H and O–H groups in total. The zero-order valence-electron chi connectivity index (χ0n) is 10.9. The van der Waals surface area contributed by atoms with Crippen molar-refractivity contribution in [1.29, 1.82) is 0 Å². The standard InChI is InChI=1S/C14H20BrNO2/c1-10-3-4-11(15)7-13(10)18-9-14(2,17)8-16-12-5-6-12/h3-4,7,12,16-17H,5-6,8-9H2,1-2H3. The summed E-state index contributed by atoms with van der Waals surface area (Å²) in [7, 11) is 0. The molecule has 0 aromatic heterocycles. The van der Waals surface area contributed by atoms with Crippen molar-refractivity contribution in [3.05, 3.63) is 28.2 Å². The molecule has 0 radical (unpaired) electrons. The molecule has 1 saturated carbocycles. The van der Waals surface area contributed by atoms with E-state index in [2.05, 4.69) is 21.2 Å². The maximum absolute atomic E-state index is 10.2. The first kappa shape index (κ1) is 13.8. The first-order chi connectivity index (χ1) is 8.46. The van der Waals surface area contributed by atoms with Gasteiger partial charge in [0.25, 0.3) is 0 Å². The van der Waals surface area contributed by atoms with Gasteiger partial charge in [-0.15, -0.1) is 0 Å². The fourth-order valence-corrected chi connectivity index (χ4v) is 2.01. The van der Waals surface area contributed by atoms with E-state index < -0.39 is 5.60 Å². The number of ether oxygens (including phenoxy) is 1. The molecule has 1 atom stereocenters. The van der Waals surface area contributed by atoms with Crippen molar-refractivity contribution in [1.82, 2.24) is 5.32 Å². The monoisotopic (exact) mass is 313 g/mol. The highest BCUT2D eigenvalue weighted by molar-refractivity contribution is 9.10. The lowest BCUT2D eigenvalue weighted by molar-refractivity contribution is 0.0118. The first-order valence-corrected chi connectivity index (χ1v) is 7.10. The van der Waals surface area contributed by atoms with Crippen LogP contribution in [0.1, 0.15) is 25.3 Å². The molecular formula is C14H20BrNO2. The molecule has 0 aliphatic heterocycles. The highest BCUT2D eigenvalue weighted by Crippen LogP contribution is 2.24. The van der Waals surface area contributed by atoms with E-state index >= 15 is 0 Å². The molecule has 0 bridgehead atoms. The predicted molar refractivity (Wildman–Crippen MR) is 76.0 cm³/mol. The van der Waals surface area contributed by atoms with E-state index in [9.17, 15) is 5.11 Å². The number of hydrogen-bond acceptors (Lipinski definition) is 3. The average Bonchev–Trinajstić information content (AvgIpc) is 3.12. The summed E-state index contributed by atoms with van der Waals surface area (Å²) in [4.78, 5) is 0. The summed E-state index contributed by atoms with van der Waals surface area (Å²) >= 11 is 3.42. The summed E-state index contributed by atoms with van der Waals surface area (Å²) < 4.78 is 6.70. The van der Waals surface area contributed by atoms with Crippen LogP contribution < -0.4 is 10.1 Å². The van der Waals surface area contributed by atoms with Gasteiger partial charge in [0.1, 0.15) is 18.0 Å². The first-order valence-electron chi connectivity index (χ1n) is 6.31. The van der Waals surface area contributed by atoms with Crippen LogP contribution in [0.4, 0.5) is 0 Å². The van der Waals surface area contributed by atoms with E-state index in [-0.39, 0.29) is 0 Å². The fraction of sp³-hybridized carbons (Fsp3) is 0.571. The number of nitrogens with one attached hydrogen (secondary N) is 1. The number of rotatable bonds is 6. The summed E-state index contributed by atoms with van der Waals surface area (Å²) in [5.74, 6) is 0.816. The second-order valence-corrected chi connectivity index (χ2v) is 6.27. The Morgan fingerprint density at radius 1 is 1.50 bits per heavy atom. The van der Waals surface area contributed by atoms with Crippen LogP contribution in [0.15, 0.2) is 22.7 Å². The topological polar surface area (TPSA) is 41.5 Å². The van der Waals surface area contributed by atoms with Crippen LogP contribution in [0.3, 0.4) is 0 Å². The van der Waals surface area contributed by atoms with E-state index in [0.29, 0.717) is 19.2 Å². The average molecular weight is 314 g/mol. The number of aryl methyl sites for hydroxylation is 1. The van der Waals surface area contributed by atoms with Gasteiger partial charge in [0.2, 0.25) is 0 Å². The molecule has 0 saturated heterocycles. The summed E-state index contributed by atoms with van der Waals surface area (Å²) in [6.45, 7) is 4.67. The Labute approximate surface area is 117 Å². The van der Waals surface area contributed by atoms with E-state index in [0.717, 1.165) is 15.8 Å². The molecule has 0 amide bonds. The lowest BCUT2D eigenvalue weighted by atomic mass is 10.1. The smallest absolute Gasteiger partial charge is 0.123 e. The minimum Gasteiger partial charge on any atom is -0.490 e. The lowest BCUT2D eigenvalue weighted by Crippen LogP contribution is -2.43. The van der Waals surface area contributed by atoms with Crippen LogP contribution in [-0.4, -0.2) is 29.9 Å². The quantitative estimate of drug-likeness (QED) is 0.848. The van der Waals surface area contributed by atoms with Gasteiger partial charge in [-0.3, -0.25) is 0 Å². The Balaban J connectivity index is 1.86. The maximum atomic E-state index is 10.2. The Bertz CT molecular complexity index is 416. The molecule has 1 unspecified atom stereocenters. The molecular weight excluding hydrogens is 294 g/mol. The molecule has 100 valence electrons. The SMILES string of the molecule is Cc1ccc(Br)cc1OCC(C)(O)CNC1CC1. The molecule has 0 spiro atoms. The molecule has 18 heavy (non-hydrogen) atoms. The van der Waals surface area contributed by atoms with Gasteiger partial charge in [0.15, 0.2) is 0 Å². The van der Waals surface area contributed by atoms with Crippen LogP contribution in [0.2, 0.25) is 0 Å². The zero-order valence-corrected chi connectivity index (χ0v) is 12.5. The van der Waals surface area contributed by atoms with Gasteiger partial charge < -0.3 is 15.2 Å². The third-order valence-corrected chi connectivity index (χ3v) is 3.53. The van der Waals surface area contributed by atoms with Gasteiger partial charge >= 0.3 is 0 Å². The van der Waals surface area contributed by atoms with Crippen LogP contribution in [-0.2, 0) is 0 Å². The molecule has 3 nitrogen and oxygen atoms in total. The Hall–Kier alpha value is -0.580. The molecule has 4 heteroatoms. The minimum atomic E-state index is -0.836. The normalized spacial score (nSPS) is 18.4. The van der Waals surface area contributed by atoms with E-state index in [4.69, 9.17) is 4.74 Å². The van der Waals surface area contributed by atoms with Gasteiger partial charge in [-0.1, -0.05) is 22.0 Å². The summed E-state index contributed by atoms with van der Waals surface area (Å²) in [6, 6.07) is 6.51. The van der Waals surface area contributed by atoms with Crippen molar-refractivity contribution in [2.24, 2.45) is 0 Å². The van der Waals surface area contributed by atoms with Gasteiger partial charge in [0, 0.05) is 17.1 Å². The second kappa shape index (κ2) is 5.59. The molecule has 1 aliphatic carbocycles. The van der Waals surface area contributed by atoms with Gasteiger partial charge in [-0.25, -0.2) is 0 Å². The van der Waals surface area contributed by atoms with Crippen molar-refractivity contribution in [2.75, 3.05) is 13.2 Å². The zero-order chi connectivity index (χ0) is 13.2. The molecule has 2 rings (SSSR count). The maximum Gasteiger partial charge on any atom is 0.123 e. The molecule has 0 heterocycles. The van der Waals surface area contributed by atoms with Crippen LogP contribution >= 0.6 is 15.9 Å². The second-order valence-electron chi connectivity index (χ2n) is 5.35. The largest absolute Gasteiger partial charge is 0.490 e. The van der Waals surface area contributed by atoms with E-state index in [1.54, 1.807) is 6.92 Å². The van der Waals surface area contributed by atoms with Crippen LogP contribution in [0.5, 0.6) is 5.75 Å². The van der Waals surface area contributed by atoms with Gasteiger partial charge in [-0.05, 0) is 44.4 Å². The fourth-order valence-electron chi connectivity index (χ4n) is 1.67. The summed E-state index contributed by atoms with van der Waals surface area (Å²) in [5, 5.41) is 13.5. The summed E-state index contributed by atoms with van der Waals surface area (Å²) in [5.41, 5.74) is 0.237. The van der Waals surface area contributed by atoms with Gasteiger partial charge in [-0.2, -0.15) is 0 Å². The molecule has 1 aromatic rings. The van der Waals surface area contributed by atoms with Crippen LogP contribution in [0, 0.1) is 6.92 Å². The van der Waals surface area contributed by atoms with Crippen molar-refractivity contribution in [3.63, 3.8) is 0 Å². The van der Waals surface area contributed by atoms with Crippen molar-refractivity contribution >= 4 is 15.9 Å². The highest BCUT2D eigenvalue weighted by atomic mass is 79.9. The lowest BCUT2D eigenvalue weighted by Gasteiger charge is -2.24. The van der Waals surface area contributed by atoms with Crippen molar-refractivity contribution in [2.45, 2.75) is 38.3 Å². The molecule has 1 fully saturated rings. The Kier molecular flexibility index (Phi) is 4.30. The number of benzene rings is 1. The number of hydrogen-bond donors (Lipinski definition) is 2. The third-order valence-electron chi connectivity index (χ3n) is 3.04. The van der Waals surface area contributed by atoms with E-state index in [1.165, 1.54) is 12.8 Å². The van der Waals surface area contributed by atoms with Crippen molar-refractivity contribution in [3.8, 4) is 5.75 Å². The number of aliphatic hydroxyl groups is 1. The van der Waals surface area contributed by atoms with Crippen molar-refractivity contribution < 1.29 is 9.84 Å². The predicted octanol–water partition coefficient (Wildman–Crippen LogP) is 2.64. The Morgan fingerprint density at radius 2 is 2.22 bits per heavy atom. The minimum absolute atomic E-state index is 0.296. The van der Waals surface area contributed by atoms with E-state index in [1.807, 2.05) is 25.1 Å². The van der Waals surface area contributed by atoms with Gasteiger partial charge in [0.05, 0.1) is 0 Å². The molecule has 1 aliphatic rings. The summed E-state index contributed by atoms with van der Waals surface area (Å²) in [6.07, 6.45) is 2.45. The number of halogens is 1. The molecule has 1 aromatic carbocycles. The Morgan fingerprint density at radius 3 is 2.89 bits per heavy atom. The highest BCUT2D eigenvalue weighted by Gasteiger charge is 2.27.